The molecular weight excluding hydrogens is 232 g/mol. The molecule has 0 aromatic carbocycles. The van der Waals surface area contributed by atoms with Gasteiger partial charge in [-0.05, 0) is 40.7 Å². The lowest BCUT2D eigenvalue weighted by Crippen LogP contribution is -2.18. The Morgan fingerprint density at radius 2 is 2.06 bits per heavy atom. The highest BCUT2D eigenvalue weighted by Crippen LogP contribution is 2.29. The van der Waals surface area contributed by atoms with Crippen molar-refractivity contribution in [2.45, 2.75) is 53.2 Å². The van der Waals surface area contributed by atoms with Crippen molar-refractivity contribution in [3.63, 3.8) is 0 Å². The summed E-state index contributed by atoms with van der Waals surface area (Å²) in [5.41, 5.74) is 1.13. The Labute approximate surface area is 109 Å². The molecule has 0 amide bonds. The Kier molecular flexibility index (Phi) is 6.09. The number of thiazole rings is 1. The van der Waals surface area contributed by atoms with Crippen molar-refractivity contribution in [3.8, 4) is 0 Å². The van der Waals surface area contributed by atoms with Gasteiger partial charge in [0.1, 0.15) is 11.1 Å². The minimum Gasteiger partial charge on any atom is -0.372 e. The van der Waals surface area contributed by atoms with Gasteiger partial charge in [0.25, 0.3) is 0 Å². The van der Waals surface area contributed by atoms with Gasteiger partial charge in [-0.2, -0.15) is 0 Å². The quantitative estimate of drug-likeness (QED) is 0.809. The monoisotopic (exact) mass is 256 g/mol. The number of aromatic nitrogens is 1. The van der Waals surface area contributed by atoms with Crippen LogP contribution in [0.4, 0.5) is 0 Å². The van der Waals surface area contributed by atoms with Crippen LogP contribution in [-0.4, -0.2) is 18.1 Å². The highest BCUT2D eigenvalue weighted by atomic mass is 32.1. The van der Waals surface area contributed by atoms with Crippen molar-refractivity contribution in [1.82, 2.24) is 10.3 Å². The molecule has 0 saturated carbocycles. The van der Waals surface area contributed by atoms with Crippen LogP contribution in [0.3, 0.4) is 0 Å². The summed E-state index contributed by atoms with van der Waals surface area (Å²) in [5.74, 6) is 0. The summed E-state index contributed by atoms with van der Waals surface area (Å²) in [7, 11) is 0. The average Bonchev–Trinajstić information content (AvgIpc) is 2.68. The Balaban J connectivity index is 2.73. The normalized spacial score (nSPS) is 14.9. The standard InChI is InChI=1S/C13H24N2OS/c1-6-8-14-9(3)12-10(4)15-13(17-12)11(5)16-7-2/h9,11,14H,6-8H2,1-5H3. The first kappa shape index (κ1) is 14.6. The molecule has 0 aliphatic carbocycles. The molecule has 0 aliphatic rings. The number of aryl methyl sites for hydroxylation is 1. The molecule has 1 N–H and O–H groups in total. The zero-order chi connectivity index (χ0) is 12.8. The number of rotatable bonds is 7. The van der Waals surface area contributed by atoms with Gasteiger partial charge in [0.05, 0.1) is 5.69 Å². The number of nitrogens with one attached hydrogen (secondary N) is 1. The first-order chi connectivity index (χ1) is 8.10. The van der Waals surface area contributed by atoms with Gasteiger partial charge in [0, 0.05) is 17.5 Å². The summed E-state index contributed by atoms with van der Waals surface area (Å²) in [4.78, 5) is 5.95. The van der Waals surface area contributed by atoms with Crippen LogP contribution in [0.1, 0.15) is 61.8 Å². The first-order valence-corrected chi connectivity index (χ1v) is 7.23. The number of nitrogens with zero attached hydrogens (tertiary/aromatic N) is 1. The van der Waals surface area contributed by atoms with E-state index < -0.39 is 0 Å². The Morgan fingerprint density at radius 1 is 1.35 bits per heavy atom. The molecule has 0 bridgehead atoms. The SMILES string of the molecule is CCCNC(C)c1sc(C(C)OCC)nc1C. The second-order valence-corrected chi connectivity index (χ2v) is 5.34. The molecule has 1 rings (SSSR count). The van der Waals surface area contributed by atoms with E-state index in [0.717, 1.165) is 30.3 Å². The molecule has 17 heavy (non-hydrogen) atoms. The molecule has 0 saturated heterocycles. The maximum absolute atomic E-state index is 5.58. The summed E-state index contributed by atoms with van der Waals surface area (Å²) in [6, 6.07) is 0.384. The smallest absolute Gasteiger partial charge is 0.122 e. The van der Waals surface area contributed by atoms with Crippen LogP contribution in [0.15, 0.2) is 0 Å². The minimum atomic E-state index is 0.107. The molecule has 98 valence electrons. The van der Waals surface area contributed by atoms with E-state index in [9.17, 15) is 0 Å². The van der Waals surface area contributed by atoms with E-state index in [1.807, 2.05) is 6.92 Å². The van der Waals surface area contributed by atoms with E-state index in [4.69, 9.17) is 4.74 Å². The molecule has 0 spiro atoms. The molecule has 1 aromatic rings. The largest absolute Gasteiger partial charge is 0.372 e. The number of hydrogen-bond acceptors (Lipinski definition) is 4. The van der Waals surface area contributed by atoms with Crippen LogP contribution in [0, 0.1) is 6.92 Å². The van der Waals surface area contributed by atoms with Crippen LogP contribution in [-0.2, 0) is 4.74 Å². The van der Waals surface area contributed by atoms with Crippen molar-refractivity contribution in [3.05, 3.63) is 15.6 Å². The van der Waals surface area contributed by atoms with Gasteiger partial charge >= 0.3 is 0 Å². The van der Waals surface area contributed by atoms with E-state index in [2.05, 4.69) is 38.0 Å². The van der Waals surface area contributed by atoms with Crippen molar-refractivity contribution in [2.75, 3.05) is 13.2 Å². The maximum atomic E-state index is 5.58. The van der Waals surface area contributed by atoms with Crippen molar-refractivity contribution < 1.29 is 4.74 Å². The molecule has 0 aliphatic heterocycles. The summed E-state index contributed by atoms with van der Waals surface area (Å²) in [6.07, 6.45) is 1.26. The fourth-order valence-electron chi connectivity index (χ4n) is 1.78. The second kappa shape index (κ2) is 7.09. The lowest BCUT2D eigenvalue weighted by atomic mass is 10.2. The highest BCUT2D eigenvalue weighted by Gasteiger charge is 2.17. The summed E-state index contributed by atoms with van der Waals surface area (Å²) >= 11 is 1.77. The number of ether oxygens (including phenoxy) is 1. The fraction of sp³-hybridized carbons (Fsp3) is 0.769. The lowest BCUT2D eigenvalue weighted by molar-refractivity contribution is 0.0761. The van der Waals surface area contributed by atoms with Crippen molar-refractivity contribution >= 4 is 11.3 Å². The Hall–Kier alpha value is -0.450. The van der Waals surface area contributed by atoms with Crippen molar-refractivity contribution in [2.24, 2.45) is 0 Å². The second-order valence-electron chi connectivity index (χ2n) is 4.28. The van der Waals surface area contributed by atoms with Crippen LogP contribution >= 0.6 is 11.3 Å². The number of hydrogen-bond donors (Lipinski definition) is 1. The third-order valence-electron chi connectivity index (χ3n) is 2.71. The molecule has 0 fully saturated rings. The maximum Gasteiger partial charge on any atom is 0.122 e. The van der Waals surface area contributed by atoms with Gasteiger partial charge in [-0.3, -0.25) is 0 Å². The van der Waals surface area contributed by atoms with E-state index in [1.165, 1.54) is 4.88 Å². The summed E-state index contributed by atoms with van der Waals surface area (Å²) in [5, 5.41) is 4.59. The van der Waals surface area contributed by atoms with Gasteiger partial charge in [0.2, 0.25) is 0 Å². The van der Waals surface area contributed by atoms with E-state index in [-0.39, 0.29) is 6.10 Å². The Morgan fingerprint density at radius 3 is 2.65 bits per heavy atom. The topological polar surface area (TPSA) is 34.1 Å². The van der Waals surface area contributed by atoms with Crippen LogP contribution in [0.5, 0.6) is 0 Å². The van der Waals surface area contributed by atoms with Crippen LogP contribution in [0.2, 0.25) is 0 Å². The molecule has 3 nitrogen and oxygen atoms in total. The lowest BCUT2D eigenvalue weighted by Gasteiger charge is -2.11. The molecule has 1 heterocycles. The van der Waals surface area contributed by atoms with Crippen LogP contribution < -0.4 is 5.32 Å². The van der Waals surface area contributed by atoms with Gasteiger partial charge in [-0.15, -0.1) is 11.3 Å². The third-order valence-corrected chi connectivity index (χ3v) is 4.21. The summed E-state index contributed by atoms with van der Waals surface area (Å²) in [6.45, 7) is 12.3. The summed E-state index contributed by atoms with van der Waals surface area (Å²) < 4.78 is 5.58. The fourth-order valence-corrected chi connectivity index (χ4v) is 2.88. The Bertz CT molecular complexity index is 338. The van der Waals surface area contributed by atoms with Gasteiger partial charge in [0.15, 0.2) is 0 Å². The predicted molar refractivity (Wildman–Crippen MR) is 73.6 cm³/mol. The first-order valence-electron chi connectivity index (χ1n) is 6.42. The van der Waals surface area contributed by atoms with Crippen LogP contribution in [0.25, 0.3) is 0 Å². The zero-order valence-corrected chi connectivity index (χ0v) is 12.4. The zero-order valence-electron chi connectivity index (χ0n) is 11.5. The van der Waals surface area contributed by atoms with Crippen molar-refractivity contribution in [1.29, 1.82) is 0 Å². The molecule has 2 unspecified atom stereocenters. The molecule has 1 aromatic heterocycles. The minimum absolute atomic E-state index is 0.107. The third kappa shape index (κ3) is 4.05. The molecule has 4 heteroatoms. The molecule has 2 atom stereocenters. The highest BCUT2D eigenvalue weighted by molar-refractivity contribution is 7.11. The molecule has 0 radical (unpaired) electrons. The van der Waals surface area contributed by atoms with E-state index in [1.54, 1.807) is 11.3 Å². The van der Waals surface area contributed by atoms with Gasteiger partial charge < -0.3 is 10.1 Å². The van der Waals surface area contributed by atoms with E-state index in [0.29, 0.717) is 6.04 Å². The van der Waals surface area contributed by atoms with E-state index >= 15 is 0 Å². The van der Waals surface area contributed by atoms with Gasteiger partial charge in [-0.1, -0.05) is 6.92 Å². The average molecular weight is 256 g/mol. The molecular formula is C13H24N2OS. The predicted octanol–water partition coefficient (Wildman–Crippen LogP) is 3.61. The van der Waals surface area contributed by atoms with Gasteiger partial charge in [-0.25, -0.2) is 4.98 Å².